The fourth-order valence-corrected chi connectivity index (χ4v) is 2.95. The van der Waals surface area contributed by atoms with Crippen LogP contribution >= 0.6 is 0 Å². The van der Waals surface area contributed by atoms with Crippen molar-refractivity contribution in [1.29, 1.82) is 0 Å². The molecule has 6 nitrogen and oxygen atoms in total. The fraction of sp³-hybridized carbons (Fsp3) is 0.500. The number of nitrogens with zero attached hydrogens (tertiary/aromatic N) is 2. The van der Waals surface area contributed by atoms with E-state index in [1.807, 2.05) is 30.3 Å². The molecule has 2 aliphatic rings. The van der Waals surface area contributed by atoms with Gasteiger partial charge in [-0.2, -0.15) is 0 Å². The zero-order valence-corrected chi connectivity index (χ0v) is 12.3. The van der Waals surface area contributed by atoms with Crippen molar-refractivity contribution in [3.05, 3.63) is 35.9 Å². The molecule has 118 valence electrons. The molecular formula is C16H20N2O4. The zero-order valence-electron chi connectivity index (χ0n) is 12.3. The van der Waals surface area contributed by atoms with E-state index in [1.54, 1.807) is 4.90 Å². The molecule has 2 amide bonds. The summed E-state index contributed by atoms with van der Waals surface area (Å²) in [5, 5.41) is 19.1. The van der Waals surface area contributed by atoms with E-state index in [0.29, 0.717) is 6.54 Å². The average molecular weight is 304 g/mol. The lowest BCUT2D eigenvalue weighted by atomic mass is 10.0. The fourth-order valence-electron chi connectivity index (χ4n) is 2.95. The van der Waals surface area contributed by atoms with Crippen molar-refractivity contribution in [2.75, 3.05) is 13.1 Å². The smallest absolute Gasteiger partial charge is 0.407 e. The monoisotopic (exact) mass is 304 g/mol. The highest BCUT2D eigenvalue weighted by Gasteiger charge is 2.43. The van der Waals surface area contributed by atoms with E-state index in [1.165, 1.54) is 0 Å². The second kappa shape index (κ2) is 5.96. The summed E-state index contributed by atoms with van der Waals surface area (Å²) in [4.78, 5) is 26.7. The number of rotatable bonds is 4. The lowest BCUT2D eigenvalue weighted by Gasteiger charge is -2.26. The summed E-state index contributed by atoms with van der Waals surface area (Å²) in [5.41, 5.74) is 1.05. The van der Waals surface area contributed by atoms with Gasteiger partial charge in [0.05, 0.1) is 18.6 Å². The second-order valence-corrected chi connectivity index (χ2v) is 6.04. The molecule has 0 unspecified atom stereocenters. The van der Waals surface area contributed by atoms with Crippen LogP contribution in [0, 0.1) is 5.92 Å². The van der Waals surface area contributed by atoms with Crippen molar-refractivity contribution in [2.45, 2.75) is 31.5 Å². The largest absolute Gasteiger partial charge is 0.465 e. The van der Waals surface area contributed by atoms with Crippen LogP contribution in [0.3, 0.4) is 0 Å². The normalized spacial score (nSPS) is 24.3. The van der Waals surface area contributed by atoms with E-state index < -0.39 is 18.1 Å². The molecule has 1 aliphatic carbocycles. The molecule has 3 rings (SSSR count). The molecule has 2 N–H and O–H groups in total. The maximum absolute atomic E-state index is 12.8. The van der Waals surface area contributed by atoms with Gasteiger partial charge in [0.25, 0.3) is 0 Å². The Morgan fingerprint density at radius 2 is 1.86 bits per heavy atom. The quantitative estimate of drug-likeness (QED) is 0.874. The van der Waals surface area contributed by atoms with Crippen LogP contribution < -0.4 is 0 Å². The Labute approximate surface area is 129 Å². The van der Waals surface area contributed by atoms with Gasteiger partial charge in [-0.3, -0.25) is 4.79 Å². The summed E-state index contributed by atoms with van der Waals surface area (Å²) >= 11 is 0. The highest BCUT2D eigenvalue weighted by Crippen LogP contribution is 2.31. The molecule has 1 heterocycles. The van der Waals surface area contributed by atoms with E-state index >= 15 is 0 Å². The molecule has 0 spiro atoms. The number of carboxylic acid groups (broad SMARTS) is 1. The second-order valence-electron chi connectivity index (χ2n) is 6.04. The number of hydrogen-bond acceptors (Lipinski definition) is 3. The molecule has 2 fully saturated rings. The van der Waals surface area contributed by atoms with Crippen LogP contribution in [0.4, 0.5) is 4.79 Å². The molecule has 0 aromatic heterocycles. The molecule has 0 radical (unpaired) electrons. The van der Waals surface area contributed by atoms with Crippen LogP contribution in [0.25, 0.3) is 0 Å². The van der Waals surface area contributed by atoms with Crippen molar-refractivity contribution in [1.82, 2.24) is 9.80 Å². The highest BCUT2D eigenvalue weighted by atomic mass is 16.4. The number of aliphatic hydroxyl groups excluding tert-OH is 1. The van der Waals surface area contributed by atoms with Gasteiger partial charge in [-0.25, -0.2) is 4.79 Å². The van der Waals surface area contributed by atoms with E-state index in [-0.39, 0.29) is 25.0 Å². The zero-order chi connectivity index (χ0) is 15.7. The van der Waals surface area contributed by atoms with E-state index in [9.17, 15) is 14.7 Å². The lowest BCUT2D eigenvalue weighted by molar-refractivity contribution is -0.138. The molecule has 1 aromatic carbocycles. The molecule has 1 saturated heterocycles. The molecule has 22 heavy (non-hydrogen) atoms. The van der Waals surface area contributed by atoms with Crippen molar-refractivity contribution in [2.24, 2.45) is 5.92 Å². The summed E-state index contributed by atoms with van der Waals surface area (Å²) in [6, 6.07) is 9.95. The minimum atomic E-state index is -1.09. The summed E-state index contributed by atoms with van der Waals surface area (Å²) in [6.45, 7) is 0.601. The third kappa shape index (κ3) is 3.06. The SMILES string of the molecule is O=C(O)N1C[C@@H](O)[C@H](C(=O)N(Cc2ccccc2)C2CC2)C1. The van der Waals surface area contributed by atoms with Crippen LogP contribution in [-0.2, 0) is 11.3 Å². The Bertz CT molecular complexity index is 559. The van der Waals surface area contributed by atoms with E-state index in [2.05, 4.69) is 0 Å². The summed E-state index contributed by atoms with van der Waals surface area (Å²) in [6.07, 6.45) is -0.0513. The number of amides is 2. The maximum Gasteiger partial charge on any atom is 0.407 e. The van der Waals surface area contributed by atoms with E-state index in [4.69, 9.17) is 5.11 Å². The first-order valence-electron chi connectivity index (χ1n) is 7.56. The molecule has 1 aliphatic heterocycles. The number of carbonyl (C=O) groups excluding carboxylic acids is 1. The van der Waals surface area contributed by atoms with Crippen LogP contribution in [-0.4, -0.2) is 57.2 Å². The molecule has 6 heteroatoms. The van der Waals surface area contributed by atoms with Crippen molar-refractivity contribution in [3.63, 3.8) is 0 Å². The Balaban J connectivity index is 1.72. The first kappa shape index (κ1) is 14.8. The molecule has 1 aromatic rings. The minimum Gasteiger partial charge on any atom is -0.465 e. The number of likely N-dealkylation sites (tertiary alicyclic amines) is 1. The first-order valence-corrected chi connectivity index (χ1v) is 7.56. The van der Waals surface area contributed by atoms with Crippen LogP contribution in [0.15, 0.2) is 30.3 Å². The molecule has 0 bridgehead atoms. The minimum absolute atomic E-state index is 0.00951. The Hall–Kier alpha value is -2.08. The predicted molar refractivity (Wildman–Crippen MR) is 79.1 cm³/mol. The van der Waals surface area contributed by atoms with Crippen molar-refractivity contribution >= 4 is 12.0 Å². The van der Waals surface area contributed by atoms with Crippen molar-refractivity contribution in [3.8, 4) is 0 Å². The Morgan fingerprint density at radius 1 is 1.18 bits per heavy atom. The van der Waals surface area contributed by atoms with Gasteiger partial charge in [0.2, 0.25) is 5.91 Å². The highest BCUT2D eigenvalue weighted by molar-refractivity contribution is 5.82. The van der Waals surface area contributed by atoms with Crippen molar-refractivity contribution < 1.29 is 19.8 Å². The Kier molecular flexibility index (Phi) is 4.02. The van der Waals surface area contributed by atoms with Gasteiger partial charge < -0.3 is 20.0 Å². The van der Waals surface area contributed by atoms with Gasteiger partial charge in [-0.05, 0) is 18.4 Å². The standard InChI is InChI=1S/C16H20N2O4/c19-14-10-17(16(21)22)9-13(14)15(20)18(12-6-7-12)8-11-4-2-1-3-5-11/h1-5,12-14,19H,6-10H2,(H,21,22)/t13-,14-/m1/s1. The van der Waals surface area contributed by atoms with E-state index in [0.717, 1.165) is 23.3 Å². The predicted octanol–water partition coefficient (Wildman–Crippen LogP) is 1.15. The lowest BCUT2D eigenvalue weighted by Crippen LogP contribution is -2.41. The molecule has 2 atom stereocenters. The molecular weight excluding hydrogens is 284 g/mol. The topological polar surface area (TPSA) is 81.1 Å². The average Bonchev–Trinajstić information content (AvgIpc) is 3.27. The Morgan fingerprint density at radius 3 is 2.41 bits per heavy atom. The number of carbonyl (C=O) groups is 2. The number of β-amino-alcohol motifs (C(OH)–C–C–N with tert-alkyl or cyclic N) is 1. The number of hydrogen-bond donors (Lipinski definition) is 2. The number of aliphatic hydroxyl groups is 1. The van der Waals surface area contributed by atoms with Gasteiger partial charge in [-0.1, -0.05) is 30.3 Å². The van der Waals surface area contributed by atoms with Gasteiger partial charge in [0, 0.05) is 19.1 Å². The molecule has 1 saturated carbocycles. The van der Waals surface area contributed by atoms with Crippen LogP contribution in [0.2, 0.25) is 0 Å². The van der Waals surface area contributed by atoms with Gasteiger partial charge in [-0.15, -0.1) is 0 Å². The van der Waals surface area contributed by atoms with Crippen LogP contribution in [0.5, 0.6) is 0 Å². The summed E-state index contributed by atoms with van der Waals surface area (Å²) in [5.74, 6) is -0.789. The van der Waals surface area contributed by atoms with Gasteiger partial charge in [0.1, 0.15) is 0 Å². The summed E-state index contributed by atoms with van der Waals surface area (Å²) in [7, 11) is 0. The van der Waals surface area contributed by atoms with Gasteiger partial charge in [0.15, 0.2) is 0 Å². The maximum atomic E-state index is 12.8. The third-order valence-corrected chi connectivity index (χ3v) is 4.34. The third-order valence-electron chi connectivity index (χ3n) is 4.34. The number of benzene rings is 1. The van der Waals surface area contributed by atoms with Gasteiger partial charge >= 0.3 is 6.09 Å². The van der Waals surface area contributed by atoms with Crippen LogP contribution in [0.1, 0.15) is 18.4 Å². The summed E-state index contributed by atoms with van der Waals surface area (Å²) < 4.78 is 0. The first-order chi connectivity index (χ1) is 10.6.